The lowest BCUT2D eigenvalue weighted by molar-refractivity contribution is 0.0299. The van der Waals surface area contributed by atoms with Gasteiger partial charge in [0.1, 0.15) is 0 Å². The predicted octanol–water partition coefficient (Wildman–Crippen LogP) is -0.163. The fourth-order valence-electron chi connectivity index (χ4n) is 1.19. The van der Waals surface area contributed by atoms with E-state index in [1.807, 2.05) is 0 Å². The average Bonchev–Trinajstić information content (AvgIpc) is 2.31. The molecule has 1 fully saturated rings. The van der Waals surface area contributed by atoms with E-state index in [2.05, 4.69) is 0 Å². The molecule has 0 N–H and O–H groups in total. The van der Waals surface area contributed by atoms with E-state index in [0.717, 1.165) is 0 Å². The van der Waals surface area contributed by atoms with Gasteiger partial charge >= 0.3 is 0 Å². The van der Waals surface area contributed by atoms with Crippen LogP contribution in [-0.2, 0) is 19.3 Å². The maximum atomic E-state index is 11.0. The van der Waals surface area contributed by atoms with Gasteiger partial charge in [-0.1, -0.05) is 0 Å². The van der Waals surface area contributed by atoms with Crippen molar-refractivity contribution in [2.45, 2.75) is 12.5 Å². The van der Waals surface area contributed by atoms with E-state index in [9.17, 15) is 8.42 Å². The molecule has 1 heterocycles. The van der Waals surface area contributed by atoms with Crippen molar-refractivity contribution in [3.63, 3.8) is 0 Å². The normalized spacial score (nSPS) is 27.6. The summed E-state index contributed by atoms with van der Waals surface area (Å²) in [6.45, 7) is 1.01. The molecular formula is C7H14O4S. The molecule has 0 saturated carbocycles. The SMILES string of the molecule is COCCOC1CCS(=O)(=O)C1. The van der Waals surface area contributed by atoms with Crippen LogP contribution in [0.4, 0.5) is 0 Å². The third-order valence-electron chi connectivity index (χ3n) is 1.83. The molecule has 0 aromatic rings. The van der Waals surface area contributed by atoms with Crippen molar-refractivity contribution in [1.82, 2.24) is 0 Å². The molecular weight excluding hydrogens is 180 g/mol. The molecule has 0 aromatic carbocycles. The summed E-state index contributed by atoms with van der Waals surface area (Å²) < 4.78 is 32.0. The quantitative estimate of drug-likeness (QED) is 0.583. The summed E-state index contributed by atoms with van der Waals surface area (Å²) in [7, 11) is -1.21. The zero-order valence-electron chi connectivity index (χ0n) is 7.15. The van der Waals surface area contributed by atoms with E-state index in [4.69, 9.17) is 9.47 Å². The molecule has 4 nitrogen and oxygen atoms in total. The molecule has 12 heavy (non-hydrogen) atoms. The monoisotopic (exact) mass is 194 g/mol. The van der Waals surface area contributed by atoms with Gasteiger partial charge in [0.25, 0.3) is 0 Å². The maximum absolute atomic E-state index is 11.0. The van der Waals surface area contributed by atoms with Crippen molar-refractivity contribution in [3.05, 3.63) is 0 Å². The topological polar surface area (TPSA) is 52.6 Å². The Labute approximate surface area is 72.8 Å². The molecule has 1 atom stereocenters. The van der Waals surface area contributed by atoms with Crippen molar-refractivity contribution in [2.24, 2.45) is 0 Å². The van der Waals surface area contributed by atoms with Crippen LogP contribution in [0.25, 0.3) is 0 Å². The van der Waals surface area contributed by atoms with Crippen LogP contribution in [0, 0.1) is 0 Å². The summed E-state index contributed by atoms with van der Waals surface area (Å²) >= 11 is 0. The number of hydrogen-bond donors (Lipinski definition) is 0. The molecule has 0 spiro atoms. The zero-order chi connectivity index (χ0) is 9.03. The van der Waals surface area contributed by atoms with Crippen molar-refractivity contribution in [1.29, 1.82) is 0 Å². The number of methoxy groups -OCH3 is 1. The summed E-state index contributed by atoms with van der Waals surface area (Å²) in [6, 6.07) is 0. The number of hydrogen-bond acceptors (Lipinski definition) is 4. The molecule has 0 amide bonds. The molecule has 1 saturated heterocycles. The van der Waals surface area contributed by atoms with Crippen LogP contribution in [0.1, 0.15) is 6.42 Å². The average molecular weight is 194 g/mol. The van der Waals surface area contributed by atoms with Crippen molar-refractivity contribution in [2.75, 3.05) is 31.8 Å². The molecule has 5 heteroatoms. The molecule has 1 unspecified atom stereocenters. The lowest BCUT2D eigenvalue weighted by atomic mass is 10.3. The summed E-state index contributed by atoms with van der Waals surface area (Å²) in [5, 5.41) is 0. The molecule has 1 rings (SSSR count). The summed E-state index contributed by atoms with van der Waals surface area (Å²) in [5.74, 6) is 0.446. The third kappa shape index (κ3) is 3.08. The molecule has 72 valence electrons. The Morgan fingerprint density at radius 2 is 2.17 bits per heavy atom. The highest BCUT2D eigenvalue weighted by molar-refractivity contribution is 7.91. The van der Waals surface area contributed by atoms with Crippen LogP contribution in [-0.4, -0.2) is 46.4 Å². The molecule has 1 aliphatic heterocycles. The van der Waals surface area contributed by atoms with Gasteiger partial charge in [-0.2, -0.15) is 0 Å². The van der Waals surface area contributed by atoms with E-state index in [-0.39, 0.29) is 17.6 Å². The Kier molecular flexibility index (Phi) is 3.49. The molecule has 1 aliphatic rings. The summed E-state index contributed by atoms with van der Waals surface area (Å²) in [6.07, 6.45) is 0.525. The van der Waals surface area contributed by atoms with Crippen LogP contribution in [0.5, 0.6) is 0 Å². The van der Waals surface area contributed by atoms with Gasteiger partial charge in [0.2, 0.25) is 0 Å². The van der Waals surface area contributed by atoms with Crippen LogP contribution < -0.4 is 0 Å². The third-order valence-corrected chi connectivity index (χ3v) is 3.57. The van der Waals surface area contributed by atoms with Crippen LogP contribution in [0.3, 0.4) is 0 Å². The van der Waals surface area contributed by atoms with Crippen molar-refractivity contribution in [3.8, 4) is 0 Å². The van der Waals surface area contributed by atoms with Gasteiger partial charge in [0.05, 0.1) is 30.8 Å². The Morgan fingerprint density at radius 3 is 2.67 bits per heavy atom. The largest absolute Gasteiger partial charge is 0.382 e. The standard InChI is InChI=1S/C7H14O4S/c1-10-3-4-11-7-2-5-12(8,9)6-7/h7H,2-6H2,1H3. The Balaban J connectivity index is 2.20. The second-order valence-electron chi connectivity index (χ2n) is 2.89. The van der Waals surface area contributed by atoms with Gasteiger partial charge in [0.15, 0.2) is 9.84 Å². The van der Waals surface area contributed by atoms with Gasteiger partial charge in [-0.05, 0) is 6.42 Å². The molecule has 0 aromatic heterocycles. The van der Waals surface area contributed by atoms with Crippen molar-refractivity contribution < 1.29 is 17.9 Å². The highest BCUT2D eigenvalue weighted by Gasteiger charge is 2.28. The smallest absolute Gasteiger partial charge is 0.152 e. The lowest BCUT2D eigenvalue weighted by Crippen LogP contribution is -2.17. The second kappa shape index (κ2) is 4.20. The first-order valence-corrected chi connectivity index (χ1v) is 5.77. The first-order chi connectivity index (χ1) is 5.64. The lowest BCUT2D eigenvalue weighted by Gasteiger charge is -2.08. The Bertz CT molecular complexity index is 222. The number of rotatable bonds is 4. The van der Waals surface area contributed by atoms with Crippen molar-refractivity contribution >= 4 is 9.84 Å². The predicted molar refractivity (Wildman–Crippen MR) is 44.9 cm³/mol. The number of ether oxygens (including phenoxy) is 2. The van der Waals surface area contributed by atoms with E-state index in [1.165, 1.54) is 0 Å². The summed E-state index contributed by atoms with van der Waals surface area (Å²) in [5.41, 5.74) is 0. The minimum atomic E-state index is -2.80. The van der Waals surface area contributed by atoms with Crippen LogP contribution >= 0.6 is 0 Å². The minimum Gasteiger partial charge on any atom is -0.382 e. The number of sulfone groups is 1. The van der Waals surface area contributed by atoms with Crippen LogP contribution in [0.2, 0.25) is 0 Å². The fraction of sp³-hybridized carbons (Fsp3) is 1.00. The van der Waals surface area contributed by atoms with Gasteiger partial charge in [-0.25, -0.2) is 8.42 Å². The maximum Gasteiger partial charge on any atom is 0.152 e. The first-order valence-electron chi connectivity index (χ1n) is 3.95. The van der Waals surface area contributed by atoms with E-state index >= 15 is 0 Å². The van der Waals surface area contributed by atoms with E-state index in [1.54, 1.807) is 7.11 Å². The molecule has 0 aliphatic carbocycles. The highest BCUT2D eigenvalue weighted by atomic mass is 32.2. The molecule has 0 bridgehead atoms. The van der Waals surface area contributed by atoms with Gasteiger partial charge in [-0.15, -0.1) is 0 Å². The fourth-order valence-corrected chi connectivity index (χ4v) is 2.81. The first kappa shape index (κ1) is 9.95. The van der Waals surface area contributed by atoms with Gasteiger partial charge in [0, 0.05) is 7.11 Å². The Morgan fingerprint density at radius 1 is 1.42 bits per heavy atom. The zero-order valence-corrected chi connectivity index (χ0v) is 7.97. The molecule has 0 radical (unpaired) electrons. The van der Waals surface area contributed by atoms with Gasteiger partial charge in [-0.3, -0.25) is 0 Å². The van der Waals surface area contributed by atoms with Crippen LogP contribution in [0.15, 0.2) is 0 Å². The minimum absolute atomic E-state index is 0.106. The Hall–Kier alpha value is -0.130. The van der Waals surface area contributed by atoms with Gasteiger partial charge < -0.3 is 9.47 Å². The summed E-state index contributed by atoms with van der Waals surface area (Å²) in [4.78, 5) is 0. The van der Waals surface area contributed by atoms with E-state index in [0.29, 0.717) is 19.6 Å². The van der Waals surface area contributed by atoms with E-state index < -0.39 is 9.84 Å². The second-order valence-corrected chi connectivity index (χ2v) is 5.12. The highest BCUT2D eigenvalue weighted by Crippen LogP contribution is 2.14.